The third-order valence-electron chi connectivity index (χ3n) is 6.77. The summed E-state index contributed by atoms with van der Waals surface area (Å²) < 4.78 is 0. The first-order chi connectivity index (χ1) is 15.1. The predicted molar refractivity (Wildman–Crippen MR) is 131 cm³/mol. The Bertz CT molecular complexity index is 719. The van der Waals surface area contributed by atoms with E-state index in [1.165, 1.54) is 43.6 Å². The van der Waals surface area contributed by atoms with Gasteiger partial charge in [-0.15, -0.1) is 0 Å². The monoisotopic (exact) mass is 426 g/mol. The van der Waals surface area contributed by atoms with Gasteiger partial charge < -0.3 is 15.1 Å². The van der Waals surface area contributed by atoms with Crippen molar-refractivity contribution in [1.29, 1.82) is 0 Å². The molecule has 1 aromatic rings. The SMILES string of the molecule is C/C=C\CCN1CCc2cnc(N3CCN(C4CCC4)CC3)nc2CC1.C=C(C)NC. The summed E-state index contributed by atoms with van der Waals surface area (Å²) in [6.45, 7) is 15.5. The molecule has 3 aliphatic rings. The Labute approximate surface area is 189 Å². The summed E-state index contributed by atoms with van der Waals surface area (Å²) in [7, 11) is 1.85. The summed E-state index contributed by atoms with van der Waals surface area (Å²) in [6.07, 6.45) is 14.0. The molecule has 0 amide bonds. The van der Waals surface area contributed by atoms with Gasteiger partial charge in [0.25, 0.3) is 0 Å². The first kappa shape index (κ1) is 23.7. The molecule has 0 spiro atoms. The summed E-state index contributed by atoms with van der Waals surface area (Å²) >= 11 is 0. The highest BCUT2D eigenvalue weighted by Crippen LogP contribution is 2.26. The van der Waals surface area contributed by atoms with Gasteiger partial charge in [-0.2, -0.15) is 0 Å². The van der Waals surface area contributed by atoms with Crippen LogP contribution in [0.5, 0.6) is 0 Å². The number of nitrogens with one attached hydrogen (secondary N) is 1. The van der Waals surface area contributed by atoms with E-state index in [1.807, 2.05) is 14.0 Å². The van der Waals surface area contributed by atoms with Gasteiger partial charge in [-0.05, 0) is 50.8 Å². The van der Waals surface area contributed by atoms with E-state index in [2.05, 4.69) is 51.9 Å². The van der Waals surface area contributed by atoms with Crippen LogP contribution in [0.4, 0.5) is 5.95 Å². The summed E-state index contributed by atoms with van der Waals surface area (Å²) in [4.78, 5) is 17.3. The molecule has 4 rings (SSSR count). The summed E-state index contributed by atoms with van der Waals surface area (Å²) in [5, 5.41) is 2.83. The van der Waals surface area contributed by atoms with Gasteiger partial charge >= 0.3 is 0 Å². The zero-order valence-corrected chi connectivity index (χ0v) is 19.9. The standard InChI is InChI=1S/C21H33N5.C4H9N/c1-2-3-4-10-24-11-8-18-17-22-21(23-20(18)9-12-24)26-15-13-25(14-16-26)19-6-5-7-19;1-4(2)5-3/h2-3,17,19H,4-16H2,1H3;5H,1H2,2-3H3/b3-2-;. The minimum atomic E-state index is 0.860. The molecule has 0 bridgehead atoms. The fraction of sp³-hybridized carbons (Fsp3) is 0.680. The zero-order valence-electron chi connectivity index (χ0n) is 19.9. The highest BCUT2D eigenvalue weighted by atomic mass is 15.3. The van der Waals surface area contributed by atoms with Crippen LogP contribution >= 0.6 is 0 Å². The van der Waals surface area contributed by atoms with Crippen molar-refractivity contribution in [2.24, 2.45) is 0 Å². The Morgan fingerprint density at radius 2 is 1.87 bits per heavy atom. The van der Waals surface area contributed by atoms with E-state index in [0.717, 1.165) is 69.7 Å². The van der Waals surface area contributed by atoms with Gasteiger partial charge in [0.2, 0.25) is 5.95 Å². The van der Waals surface area contributed by atoms with Crippen LogP contribution < -0.4 is 10.2 Å². The van der Waals surface area contributed by atoms with Gasteiger partial charge in [0, 0.05) is 71.5 Å². The number of aromatic nitrogens is 2. The Balaban J connectivity index is 0.000000491. The van der Waals surface area contributed by atoms with Crippen molar-refractivity contribution in [1.82, 2.24) is 25.1 Å². The van der Waals surface area contributed by atoms with Gasteiger partial charge in [0.05, 0.1) is 5.69 Å². The molecular formula is C25H42N6. The highest BCUT2D eigenvalue weighted by molar-refractivity contribution is 5.35. The number of hydrogen-bond donors (Lipinski definition) is 1. The highest BCUT2D eigenvalue weighted by Gasteiger charge is 2.28. The Morgan fingerprint density at radius 1 is 1.16 bits per heavy atom. The van der Waals surface area contributed by atoms with Crippen LogP contribution in [0.25, 0.3) is 0 Å². The fourth-order valence-electron chi connectivity index (χ4n) is 4.35. The van der Waals surface area contributed by atoms with Crippen LogP contribution in [0.2, 0.25) is 0 Å². The Kier molecular flexibility index (Phi) is 9.34. The molecule has 2 aliphatic heterocycles. The number of hydrogen-bond acceptors (Lipinski definition) is 6. The smallest absolute Gasteiger partial charge is 0.225 e. The lowest BCUT2D eigenvalue weighted by Crippen LogP contribution is -2.52. The van der Waals surface area contributed by atoms with Gasteiger partial charge in [-0.3, -0.25) is 4.90 Å². The Hall–Kier alpha value is -1.92. The number of fused-ring (bicyclic) bond motifs is 1. The van der Waals surface area contributed by atoms with Gasteiger partial charge in [0.15, 0.2) is 0 Å². The first-order valence-electron chi connectivity index (χ1n) is 12.1. The van der Waals surface area contributed by atoms with E-state index in [9.17, 15) is 0 Å². The maximum Gasteiger partial charge on any atom is 0.225 e. The van der Waals surface area contributed by atoms with Crippen molar-refractivity contribution in [3.05, 3.63) is 41.9 Å². The molecule has 0 radical (unpaired) electrons. The molecule has 3 heterocycles. The predicted octanol–water partition coefficient (Wildman–Crippen LogP) is 3.26. The molecule has 6 nitrogen and oxygen atoms in total. The van der Waals surface area contributed by atoms with Crippen molar-refractivity contribution >= 4 is 5.95 Å². The average molecular weight is 427 g/mol. The number of anilines is 1. The molecule has 0 atom stereocenters. The van der Waals surface area contributed by atoms with E-state index >= 15 is 0 Å². The molecule has 1 aliphatic carbocycles. The largest absolute Gasteiger partial charge is 0.392 e. The number of piperazine rings is 1. The minimum absolute atomic E-state index is 0.860. The van der Waals surface area contributed by atoms with E-state index in [1.54, 1.807) is 0 Å². The second-order valence-electron chi connectivity index (χ2n) is 8.98. The minimum Gasteiger partial charge on any atom is -0.392 e. The van der Waals surface area contributed by atoms with Crippen LogP contribution in [0.1, 0.15) is 50.8 Å². The molecule has 2 fully saturated rings. The van der Waals surface area contributed by atoms with Crippen LogP contribution in [0.15, 0.2) is 30.6 Å². The molecule has 1 aromatic heterocycles. The lowest BCUT2D eigenvalue weighted by molar-refractivity contribution is 0.120. The number of nitrogens with zero attached hydrogens (tertiary/aromatic N) is 5. The quantitative estimate of drug-likeness (QED) is 0.705. The van der Waals surface area contributed by atoms with E-state index in [0.29, 0.717) is 0 Å². The van der Waals surface area contributed by atoms with Crippen LogP contribution in [-0.2, 0) is 12.8 Å². The first-order valence-corrected chi connectivity index (χ1v) is 12.1. The molecule has 1 saturated carbocycles. The molecule has 172 valence electrons. The molecule has 1 saturated heterocycles. The van der Waals surface area contributed by atoms with Crippen LogP contribution in [-0.4, -0.2) is 78.7 Å². The second-order valence-corrected chi connectivity index (χ2v) is 8.98. The van der Waals surface area contributed by atoms with E-state index in [4.69, 9.17) is 9.97 Å². The zero-order chi connectivity index (χ0) is 22.1. The molecule has 1 N–H and O–H groups in total. The molecule has 0 aromatic carbocycles. The van der Waals surface area contributed by atoms with Crippen molar-refractivity contribution in [2.75, 3.05) is 57.8 Å². The van der Waals surface area contributed by atoms with E-state index in [-0.39, 0.29) is 0 Å². The van der Waals surface area contributed by atoms with Crippen molar-refractivity contribution in [3.8, 4) is 0 Å². The van der Waals surface area contributed by atoms with Gasteiger partial charge in [-0.1, -0.05) is 25.2 Å². The Morgan fingerprint density at radius 3 is 2.48 bits per heavy atom. The van der Waals surface area contributed by atoms with Crippen LogP contribution in [0, 0.1) is 0 Å². The maximum atomic E-state index is 4.99. The third-order valence-corrected chi connectivity index (χ3v) is 6.77. The lowest BCUT2D eigenvalue weighted by Gasteiger charge is -2.43. The van der Waals surface area contributed by atoms with Gasteiger partial charge in [0.1, 0.15) is 0 Å². The van der Waals surface area contributed by atoms with Crippen molar-refractivity contribution in [2.45, 2.75) is 58.4 Å². The molecule has 6 heteroatoms. The topological polar surface area (TPSA) is 47.5 Å². The molecule has 31 heavy (non-hydrogen) atoms. The van der Waals surface area contributed by atoms with Gasteiger partial charge in [-0.25, -0.2) is 9.97 Å². The second kappa shape index (κ2) is 12.2. The lowest BCUT2D eigenvalue weighted by atomic mass is 9.91. The molecular weight excluding hydrogens is 384 g/mol. The maximum absolute atomic E-state index is 4.99. The summed E-state index contributed by atoms with van der Waals surface area (Å²) in [5.41, 5.74) is 3.64. The fourth-order valence-corrected chi connectivity index (χ4v) is 4.35. The van der Waals surface area contributed by atoms with E-state index < -0.39 is 0 Å². The normalized spacial score (nSPS) is 20.4. The molecule has 0 unspecified atom stereocenters. The number of allylic oxidation sites excluding steroid dienone is 2. The number of rotatable bonds is 6. The van der Waals surface area contributed by atoms with Crippen molar-refractivity contribution in [3.63, 3.8) is 0 Å². The average Bonchev–Trinajstić information content (AvgIpc) is 2.96. The summed E-state index contributed by atoms with van der Waals surface area (Å²) in [5.74, 6) is 0.958. The van der Waals surface area contributed by atoms with Crippen LogP contribution in [0.3, 0.4) is 0 Å². The van der Waals surface area contributed by atoms with Crippen molar-refractivity contribution < 1.29 is 0 Å². The summed E-state index contributed by atoms with van der Waals surface area (Å²) in [6, 6.07) is 0.860. The third kappa shape index (κ3) is 7.04.